The van der Waals surface area contributed by atoms with Crippen molar-refractivity contribution in [3.05, 3.63) is 0 Å². The molecule has 0 atom stereocenters. The Kier molecular flexibility index (Phi) is 28.4. The summed E-state index contributed by atoms with van der Waals surface area (Å²) >= 11 is 0. The first-order chi connectivity index (χ1) is 13.7. The van der Waals surface area contributed by atoms with Gasteiger partial charge in [0.1, 0.15) is 0 Å². The van der Waals surface area contributed by atoms with E-state index in [0.29, 0.717) is 6.61 Å². The first kappa shape index (κ1) is 31.4. The van der Waals surface area contributed by atoms with E-state index in [-0.39, 0.29) is 50.6 Å². The van der Waals surface area contributed by atoms with Crippen molar-refractivity contribution in [2.45, 2.75) is 135 Å². The zero-order valence-electron chi connectivity index (χ0n) is 19.2. The summed E-state index contributed by atoms with van der Waals surface area (Å²) in [5.74, 6) is -1.64. The molecule has 0 aromatic heterocycles. The van der Waals surface area contributed by atoms with Gasteiger partial charge in [-0.2, -0.15) is 0 Å². The monoisotopic (exact) mass is 437 g/mol. The molecule has 166 valence electrons. The second-order valence-corrected chi connectivity index (χ2v) is 8.10. The molecule has 0 bridgehead atoms. The maximum Gasteiger partial charge on any atom is 2.00 e. The van der Waals surface area contributed by atoms with Gasteiger partial charge in [-0.15, -0.1) is 0 Å². The Balaban J connectivity index is 0. The van der Waals surface area contributed by atoms with E-state index in [0.717, 1.165) is 12.8 Å². The van der Waals surface area contributed by atoms with E-state index in [2.05, 4.69) is 6.92 Å². The number of carbonyl (C=O) groups is 2. The molecule has 0 spiro atoms. The molecule has 0 aromatic carbocycles. The molecule has 0 amide bonds. The van der Waals surface area contributed by atoms with E-state index in [9.17, 15) is 14.7 Å². The van der Waals surface area contributed by atoms with E-state index >= 15 is 0 Å². The van der Waals surface area contributed by atoms with Gasteiger partial charge >= 0.3 is 43.7 Å². The van der Waals surface area contributed by atoms with Crippen LogP contribution in [0, 0.1) is 0 Å². The van der Waals surface area contributed by atoms with E-state index in [1.165, 1.54) is 103 Å². The number of ether oxygens (including phenoxy) is 1. The van der Waals surface area contributed by atoms with Gasteiger partial charge in [-0.05, 0) is 12.8 Å². The third-order valence-electron chi connectivity index (χ3n) is 5.29. The van der Waals surface area contributed by atoms with Crippen molar-refractivity contribution in [1.29, 1.82) is 0 Å². The van der Waals surface area contributed by atoms with Crippen molar-refractivity contribution in [2.24, 2.45) is 0 Å². The third-order valence-corrected chi connectivity index (χ3v) is 5.29. The molecule has 0 aliphatic carbocycles. The number of aliphatic carboxylic acids is 1. The van der Waals surface area contributed by atoms with Gasteiger partial charge in [0.25, 0.3) is 0 Å². The number of hydrogen-bond acceptors (Lipinski definition) is 4. The predicted molar refractivity (Wildman–Crippen MR) is 120 cm³/mol. The van der Waals surface area contributed by atoms with Gasteiger partial charge in [0.05, 0.1) is 13.0 Å². The van der Waals surface area contributed by atoms with E-state index in [1.807, 2.05) is 0 Å². The first-order valence-electron chi connectivity index (χ1n) is 12.0. The number of carboxylic acid groups (broad SMARTS) is 1. The van der Waals surface area contributed by atoms with Crippen LogP contribution in [0.15, 0.2) is 0 Å². The number of hydrogen-bond donors (Lipinski definition) is 0. The van der Waals surface area contributed by atoms with Crippen LogP contribution >= 0.6 is 0 Å². The fraction of sp³-hybridized carbons (Fsp3) is 0.917. The number of carboxylic acids is 1. The van der Waals surface area contributed by atoms with Gasteiger partial charge in [-0.3, -0.25) is 4.79 Å². The SMILES string of the molecule is CCCCCCCCCCCCCCCCCCCCOC(=O)CCC(=O)[O-].[Ca+2]. The van der Waals surface area contributed by atoms with Crippen molar-refractivity contribution in [1.82, 2.24) is 0 Å². The molecule has 0 saturated carbocycles. The predicted octanol–water partition coefficient (Wildman–Crippen LogP) is 5.72. The second-order valence-electron chi connectivity index (χ2n) is 8.10. The maximum absolute atomic E-state index is 11.2. The van der Waals surface area contributed by atoms with Gasteiger partial charge in [-0.1, -0.05) is 116 Å². The zero-order chi connectivity index (χ0) is 20.7. The summed E-state index contributed by atoms with van der Waals surface area (Å²) < 4.78 is 4.99. The molecule has 0 unspecified atom stereocenters. The zero-order valence-corrected chi connectivity index (χ0v) is 21.4. The van der Waals surface area contributed by atoms with Crippen molar-refractivity contribution in [3.63, 3.8) is 0 Å². The molecule has 0 fully saturated rings. The van der Waals surface area contributed by atoms with Gasteiger partial charge in [0, 0.05) is 5.97 Å². The topological polar surface area (TPSA) is 66.4 Å². The van der Waals surface area contributed by atoms with Crippen LogP contribution in [0.5, 0.6) is 0 Å². The molecule has 0 aromatic rings. The van der Waals surface area contributed by atoms with Crippen LogP contribution in [0.2, 0.25) is 0 Å². The molecular weight excluding hydrogens is 392 g/mol. The number of carbonyl (C=O) groups excluding carboxylic acids is 2. The molecule has 0 rings (SSSR count). The minimum atomic E-state index is -1.20. The van der Waals surface area contributed by atoms with Crippen LogP contribution in [-0.2, 0) is 14.3 Å². The summed E-state index contributed by atoms with van der Waals surface area (Å²) in [7, 11) is 0. The number of rotatable bonds is 22. The van der Waals surface area contributed by atoms with Crippen LogP contribution in [0.4, 0.5) is 0 Å². The van der Waals surface area contributed by atoms with Crippen LogP contribution in [0.1, 0.15) is 135 Å². The molecule has 0 aliphatic heterocycles. The minimum Gasteiger partial charge on any atom is -0.550 e. The Morgan fingerprint density at radius 2 is 0.931 bits per heavy atom. The average Bonchev–Trinajstić information content (AvgIpc) is 2.68. The fourth-order valence-corrected chi connectivity index (χ4v) is 3.47. The molecule has 29 heavy (non-hydrogen) atoms. The summed E-state index contributed by atoms with van der Waals surface area (Å²) in [6.45, 7) is 2.68. The van der Waals surface area contributed by atoms with Gasteiger partial charge < -0.3 is 14.6 Å². The Labute approximate surface area is 209 Å². The quantitative estimate of drug-likeness (QED) is 0.123. The van der Waals surface area contributed by atoms with E-state index in [1.54, 1.807) is 0 Å². The Morgan fingerprint density at radius 3 is 1.28 bits per heavy atom. The average molecular weight is 438 g/mol. The summed E-state index contributed by atoms with van der Waals surface area (Å²) in [6.07, 6.45) is 23.6. The fourth-order valence-electron chi connectivity index (χ4n) is 3.47. The smallest absolute Gasteiger partial charge is 0.550 e. The van der Waals surface area contributed by atoms with Crippen molar-refractivity contribution in [3.8, 4) is 0 Å². The van der Waals surface area contributed by atoms with Gasteiger partial charge in [0.15, 0.2) is 0 Å². The number of unbranched alkanes of at least 4 members (excludes halogenated alkanes) is 17. The van der Waals surface area contributed by atoms with Crippen LogP contribution < -0.4 is 5.11 Å². The molecule has 0 N–H and O–H groups in total. The summed E-state index contributed by atoms with van der Waals surface area (Å²) in [5, 5.41) is 10.2. The second kappa shape index (κ2) is 26.2. The molecule has 0 saturated heterocycles. The number of esters is 1. The van der Waals surface area contributed by atoms with Gasteiger partial charge in [0.2, 0.25) is 0 Å². The van der Waals surface area contributed by atoms with Crippen molar-refractivity contribution < 1.29 is 19.4 Å². The van der Waals surface area contributed by atoms with Crippen LogP contribution in [-0.4, -0.2) is 56.3 Å². The Morgan fingerprint density at radius 1 is 0.586 bits per heavy atom. The molecule has 5 heteroatoms. The molecule has 0 radical (unpaired) electrons. The van der Waals surface area contributed by atoms with Gasteiger partial charge in [-0.25, -0.2) is 0 Å². The maximum atomic E-state index is 11.2. The molecular formula is C24H45CaO4+. The molecule has 0 aliphatic rings. The Hall–Kier alpha value is 0.200. The Bertz CT molecular complexity index is 361. The standard InChI is InChI=1S/C24H46O4.Ca/c1-2-3-4-5-6-7-8-9-10-11-12-13-14-15-16-17-18-19-22-28-24(27)21-20-23(25)26;/h2-22H2,1H3,(H,25,26);/q;+2/p-1. The molecule has 4 nitrogen and oxygen atoms in total. The summed E-state index contributed by atoms with van der Waals surface area (Å²) in [6, 6.07) is 0. The van der Waals surface area contributed by atoms with Crippen molar-refractivity contribution >= 4 is 49.7 Å². The minimum absolute atomic E-state index is 0. The van der Waals surface area contributed by atoms with E-state index in [4.69, 9.17) is 4.74 Å². The summed E-state index contributed by atoms with van der Waals surface area (Å²) in [5.41, 5.74) is 0. The summed E-state index contributed by atoms with van der Waals surface area (Å²) in [4.78, 5) is 21.5. The van der Waals surface area contributed by atoms with E-state index < -0.39 is 11.9 Å². The van der Waals surface area contributed by atoms with Crippen molar-refractivity contribution in [2.75, 3.05) is 6.61 Å². The van der Waals surface area contributed by atoms with Crippen LogP contribution in [0.25, 0.3) is 0 Å². The molecule has 0 heterocycles. The normalized spacial score (nSPS) is 10.5. The first-order valence-corrected chi connectivity index (χ1v) is 12.0. The van der Waals surface area contributed by atoms with Crippen LogP contribution in [0.3, 0.4) is 0 Å². The largest absolute Gasteiger partial charge is 2.00 e. The third kappa shape index (κ3) is 28.2.